The largest absolute Gasteiger partial charge is 0.416 e. The van der Waals surface area contributed by atoms with Crippen molar-refractivity contribution < 1.29 is 40.6 Å². The molecule has 238 valence electrons. The van der Waals surface area contributed by atoms with Crippen molar-refractivity contribution in [1.29, 1.82) is 0 Å². The quantitative estimate of drug-likeness (QED) is 0.169. The van der Waals surface area contributed by atoms with Crippen LogP contribution in [0.2, 0.25) is 0 Å². The van der Waals surface area contributed by atoms with Gasteiger partial charge in [0.05, 0.1) is 48.1 Å². The van der Waals surface area contributed by atoms with Crippen molar-refractivity contribution in [3.05, 3.63) is 107 Å². The highest BCUT2D eigenvalue weighted by Gasteiger charge is 2.45. The molecule has 44 heavy (non-hydrogen) atoms. The predicted octanol–water partition coefficient (Wildman–Crippen LogP) is 7.39. The summed E-state index contributed by atoms with van der Waals surface area (Å²) in [6, 6.07) is 20.2. The van der Waals surface area contributed by atoms with Crippen molar-refractivity contribution in [3.63, 3.8) is 0 Å². The van der Waals surface area contributed by atoms with Crippen LogP contribution in [0.5, 0.6) is 0 Å². The van der Waals surface area contributed by atoms with E-state index in [1.54, 1.807) is 0 Å². The third kappa shape index (κ3) is 8.53. The van der Waals surface area contributed by atoms with Crippen molar-refractivity contribution in [1.82, 2.24) is 10.6 Å². The first-order valence-electron chi connectivity index (χ1n) is 14.0. The number of carbonyl (C=O) groups is 1. The molecule has 0 bridgehead atoms. The van der Waals surface area contributed by atoms with Gasteiger partial charge in [-0.1, -0.05) is 60.7 Å². The molecule has 0 aromatic heterocycles. The number of carbonyl (C=O) groups excluding carboxylic acids is 1. The molecule has 1 saturated heterocycles. The molecule has 12 heteroatoms. The number of benzene rings is 3. The first kappa shape index (κ1) is 33.8. The first-order valence-corrected chi connectivity index (χ1v) is 14.5. The SMILES string of the molecule is C[C@@H](OC[C@@]1(c2ccccc2)CC[C@@](COCc2ccccc2)(NC(=O)CCl)CN1)c1cc(C(F)(F)F)cc(C(F)(F)F)c1. The van der Waals surface area contributed by atoms with Gasteiger partial charge in [-0.05, 0) is 54.7 Å². The normalized spacial score (nSPS) is 21.5. The fourth-order valence-corrected chi connectivity index (χ4v) is 5.36. The smallest absolute Gasteiger partial charge is 0.374 e. The lowest BCUT2D eigenvalue weighted by molar-refractivity contribution is -0.143. The molecule has 4 rings (SSSR count). The Hall–Kier alpha value is -3.12. The Morgan fingerprint density at radius 1 is 0.909 bits per heavy atom. The maximum absolute atomic E-state index is 13.5. The molecule has 0 aliphatic carbocycles. The maximum atomic E-state index is 13.5. The molecule has 2 N–H and O–H groups in total. The lowest BCUT2D eigenvalue weighted by atomic mass is 9.76. The van der Waals surface area contributed by atoms with Crippen LogP contribution in [0.4, 0.5) is 26.3 Å². The van der Waals surface area contributed by atoms with Gasteiger partial charge in [0.15, 0.2) is 0 Å². The van der Waals surface area contributed by atoms with Crippen LogP contribution < -0.4 is 10.6 Å². The molecule has 5 nitrogen and oxygen atoms in total. The lowest BCUT2D eigenvalue weighted by Crippen LogP contribution is -2.66. The summed E-state index contributed by atoms with van der Waals surface area (Å²) in [6.45, 7) is 2.07. The highest BCUT2D eigenvalue weighted by Crippen LogP contribution is 2.40. The lowest BCUT2D eigenvalue weighted by Gasteiger charge is -2.48. The molecule has 1 aliphatic rings. The second-order valence-electron chi connectivity index (χ2n) is 11.0. The number of hydrogen-bond donors (Lipinski definition) is 2. The van der Waals surface area contributed by atoms with Gasteiger partial charge in [-0.2, -0.15) is 26.3 Å². The Bertz CT molecular complexity index is 1350. The topological polar surface area (TPSA) is 59.6 Å². The molecule has 0 radical (unpaired) electrons. The Morgan fingerprint density at radius 3 is 2.02 bits per heavy atom. The van der Waals surface area contributed by atoms with Gasteiger partial charge in [0.25, 0.3) is 0 Å². The standard InChI is InChI=1S/C32H33ClF6N2O3/c1-22(24-14-26(31(34,35)36)16-27(15-24)32(37,38)39)44-21-30(25-10-6-3-7-11-25)13-12-29(19-40-30,41-28(42)17-33)20-43-18-23-8-4-2-5-9-23/h2-11,14-16,22,40H,12-13,17-21H2,1H3,(H,41,42)/t22-,29-,30-/m1/s1. The van der Waals surface area contributed by atoms with Crippen LogP contribution in [0.3, 0.4) is 0 Å². The number of ether oxygens (including phenoxy) is 2. The molecule has 0 unspecified atom stereocenters. The highest BCUT2D eigenvalue weighted by molar-refractivity contribution is 6.27. The zero-order valence-corrected chi connectivity index (χ0v) is 24.7. The van der Waals surface area contributed by atoms with Crippen molar-refractivity contribution in [2.45, 2.75) is 55.9 Å². The van der Waals surface area contributed by atoms with E-state index in [9.17, 15) is 31.1 Å². The summed E-state index contributed by atoms with van der Waals surface area (Å²) < 4.78 is 92.8. The van der Waals surface area contributed by atoms with Gasteiger partial charge in [0, 0.05) is 6.54 Å². The van der Waals surface area contributed by atoms with Crippen LogP contribution >= 0.6 is 11.6 Å². The van der Waals surface area contributed by atoms with E-state index in [1.165, 1.54) is 6.92 Å². The number of nitrogens with one attached hydrogen (secondary N) is 2. The van der Waals surface area contributed by atoms with Crippen LogP contribution in [-0.4, -0.2) is 37.1 Å². The van der Waals surface area contributed by atoms with Gasteiger partial charge >= 0.3 is 12.4 Å². The Morgan fingerprint density at radius 2 is 1.50 bits per heavy atom. The van der Waals surface area contributed by atoms with Crippen molar-refractivity contribution >= 4 is 17.5 Å². The molecule has 1 fully saturated rings. The highest BCUT2D eigenvalue weighted by atomic mass is 35.5. The number of piperidine rings is 1. The predicted molar refractivity (Wildman–Crippen MR) is 154 cm³/mol. The van der Waals surface area contributed by atoms with Gasteiger partial charge in [-0.15, -0.1) is 11.6 Å². The average molecular weight is 643 g/mol. The van der Waals surface area contributed by atoms with E-state index in [-0.39, 0.29) is 43.2 Å². The molecule has 0 saturated carbocycles. The minimum absolute atomic E-state index is 0.0693. The third-order valence-electron chi connectivity index (χ3n) is 7.80. The minimum Gasteiger partial charge on any atom is -0.374 e. The molecule has 3 aromatic rings. The molecular formula is C32H33ClF6N2O3. The van der Waals surface area contributed by atoms with Gasteiger partial charge in [-0.3, -0.25) is 4.79 Å². The number of alkyl halides is 7. The number of hydrogen-bond acceptors (Lipinski definition) is 4. The van der Waals surface area contributed by atoms with E-state index in [1.807, 2.05) is 60.7 Å². The van der Waals surface area contributed by atoms with Crippen LogP contribution in [0.25, 0.3) is 0 Å². The van der Waals surface area contributed by atoms with Crippen LogP contribution in [-0.2, 0) is 38.8 Å². The average Bonchev–Trinajstić information content (AvgIpc) is 3.00. The van der Waals surface area contributed by atoms with Gasteiger partial charge in [0.2, 0.25) is 5.91 Å². The van der Waals surface area contributed by atoms with Crippen molar-refractivity contribution in [2.75, 3.05) is 25.6 Å². The summed E-state index contributed by atoms with van der Waals surface area (Å²) in [6.07, 6.45) is -10.2. The molecule has 3 aromatic carbocycles. The van der Waals surface area contributed by atoms with Crippen LogP contribution in [0.15, 0.2) is 78.9 Å². The number of amides is 1. The van der Waals surface area contributed by atoms with Crippen molar-refractivity contribution in [3.8, 4) is 0 Å². The Balaban J connectivity index is 1.55. The Kier molecular flexibility index (Phi) is 10.7. The van der Waals surface area contributed by atoms with E-state index in [0.29, 0.717) is 31.6 Å². The fourth-order valence-electron chi connectivity index (χ4n) is 5.29. The summed E-state index contributed by atoms with van der Waals surface area (Å²) in [5.74, 6) is -0.624. The fraction of sp³-hybridized carbons (Fsp3) is 0.406. The summed E-state index contributed by atoms with van der Waals surface area (Å²) in [5, 5.41) is 6.45. The van der Waals surface area contributed by atoms with Gasteiger partial charge < -0.3 is 20.1 Å². The monoisotopic (exact) mass is 642 g/mol. The number of rotatable bonds is 11. The van der Waals surface area contributed by atoms with E-state index in [0.717, 1.165) is 11.1 Å². The van der Waals surface area contributed by atoms with Crippen LogP contribution in [0, 0.1) is 0 Å². The second-order valence-corrected chi connectivity index (χ2v) is 11.3. The third-order valence-corrected chi connectivity index (χ3v) is 8.04. The van der Waals surface area contributed by atoms with E-state index >= 15 is 0 Å². The van der Waals surface area contributed by atoms with E-state index in [2.05, 4.69) is 10.6 Å². The second kappa shape index (κ2) is 13.9. The van der Waals surface area contributed by atoms with Gasteiger partial charge in [-0.25, -0.2) is 0 Å². The van der Waals surface area contributed by atoms with Crippen LogP contribution in [0.1, 0.15) is 53.7 Å². The zero-order valence-electron chi connectivity index (χ0n) is 23.9. The first-order chi connectivity index (χ1) is 20.8. The maximum Gasteiger partial charge on any atom is 0.416 e. The van der Waals surface area contributed by atoms with Gasteiger partial charge in [0.1, 0.15) is 5.88 Å². The Labute approximate surface area is 256 Å². The molecule has 1 aliphatic heterocycles. The van der Waals surface area contributed by atoms with Crippen molar-refractivity contribution in [2.24, 2.45) is 0 Å². The summed E-state index contributed by atoms with van der Waals surface area (Å²) in [4.78, 5) is 12.4. The molecule has 0 spiro atoms. The minimum atomic E-state index is -4.97. The molecular weight excluding hydrogens is 610 g/mol. The molecule has 1 amide bonds. The molecule has 1 heterocycles. The zero-order chi connectivity index (χ0) is 32.0. The number of halogens is 7. The summed E-state index contributed by atoms with van der Waals surface area (Å²) >= 11 is 5.80. The van der Waals surface area contributed by atoms with E-state index < -0.39 is 40.7 Å². The summed E-state index contributed by atoms with van der Waals surface area (Å²) in [7, 11) is 0. The molecule has 3 atom stereocenters. The summed E-state index contributed by atoms with van der Waals surface area (Å²) in [5.41, 5.74) is -2.96. The van der Waals surface area contributed by atoms with E-state index in [4.69, 9.17) is 21.1 Å².